The number of aliphatic hydroxyl groups is 1. The second-order valence-corrected chi connectivity index (χ2v) is 4.38. The number of hydrogen-bond acceptors (Lipinski definition) is 2. The Morgan fingerprint density at radius 2 is 2.15 bits per heavy atom. The van der Waals surface area contributed by atoms with Gasteiger partial charge in [-0.3, -0.25) is 4.79 Å². The van der Waals surface area contributed by atoms with Gasteiger partial charge in [-0.15, -0.1) is 0 Å². The fraction of sp³-hybridized carbons (Fsp3) is 0.900. The second kappa shape index (κ2) is 3.29. The molecule has 3 nitrogen and oxygen atoms in total. The van der Waals surface area contributed by atoms with Gasteiger partial charge in [0.2, 0.25) is 5.91 Å². The van der Waals surface area contributed by atoms with Crippen molar-refractivity contribution >= 4 is 5.91 Å². The summed E-state index contributed by atoms with van der Waals surface area (Å²) in [6.07, 6.45) is 3.34. The van der Waals surface area contributed by atoms with Crippen molar-refractivity contribution in [3.8, 4) is 0 Å². The molecule has 1 amide bonds. The third-order valence-corrected chi connectivity index (χ3v) is 3.28. The molecule has 3 unspecified atom stereocenters. The normalized spacial score (nSPS) is 38.2. The van der Waals surface area contributed by atoms with Gasteiger partial charge in [-0.25, -0.2) is 0 Å². The minimum atomic E-state index is -0.428. The van der Waals surface area contributed by atoms with Crippen LogP contribution in [0.5, 0.6) is 0 Å². The number of rotatable bonds is 3. The number of fused-ring (bicyclic) bond motifs is 1. The summed E-state index contributed by atoms with van der Waals surface area (Å²) in [7, 11) is 0. The first-order valence-electron chi connectivity index (χ1n) is 5.16. The molecule has 13 heavy (non-hydrogen) atoms. The van der Waals surface area contributed by atoms with Gasteiger partial charge < -0.3 is 10.4 Å². The molecule has 0 radical (unpaired) electrons. The Balaban J connectivity index is 1.74. The maximum atomic E-state index is 11.5. The molecule has 0 heterocycles. The monoisotopic (exact) mass is 183 g/mol. The van der Waals surface area contributed by atoms with Crippen molar-refractivity contribution in [2.45, 2.75) is 32.3 Å². The Morgan fingerprint density at radius 1 is 1.54 bits per heavy atom. The predicted octanol–water partition coefficient (Wildman–Crippen LogP) is 0.529. The number of amides is 1. The Morgan fingerprint density at radius 3 is 2.69 bits per heavy atom. The standard InChI is InChI=1S/C10H17NO2/c1-6(12)5-11-10(13)9-7-3-2-4-8(7)9/h6-9,12H,2-5H2,1H3,(H,11,13). The average molecular weight is 183 g/mol. The molecule has 0 aromatic rings. The summed E-state index contributed by atoms with van der Waals surface area (Å²) in [4.78, 5) is 11.5. The maximum Gasteiger partial charge on any atom is 0.223 e. The van der Waals surface area contributed by atoms with Crippen LogP contribution >= 0.6 is 0 Å². The number of nitrogens with one attached hydrogen (secondary N) is 1. The van der Waals surface area contributed by atoms with Crippen molar-refractivity contribution in [1.29, 1.82) is 0 Å². The van der Waals surface area contributed by atoms with E-state index in [2.05, 4.69) is 5.32 Å². The number of aliphatic hydroxyl groups excluding tert-OH is 1. The molecule has 0 saturated heterocycles. The molecule has 0 bridgehead atoms. The van der Waals surface area contributed by atoms with Crippen molar-refractivity contribution < 1.29 is 9.90 Å². The van der Waals surface area contributed by atoms with E-state index in [0.717, 1.165) is 0 Å². The van der Waals surface area contributed by atoms with Crippen LogP contribution < -0.4 is 5.32 Å². The van der Waals surface area contributed by atoms with Crippen LogP contribution in [0.2, 0.25) is 0 Å². The fourth-order valence-electron chi connectivity index (χ4n) is 2.58. The highest BCUT2D eigenvalue weighted by atomic mass is 16.3. The van der Waals surface area contributed by atoms with E-state index < -0.39 is 6.10 Å². The summed E-state index contributed by atoms with van der Waals surface area (Å²) in [6.45, 7) is 2.09. The van der Waals surface area contributed by atoms with E-state index in [9.17, 15) is 4.79 Å². The van der Waals surface area contributed by atoms with Crippen LogP contribution in [0.1, 0.15) is 26.2 Å². The van der Waals surface area contributed by atoms with E-state index in [0.29, 0.717) is 18.4 Å². The molecule has 0 spiro atoms. The summed E-state index contributed by atoms with van der Waals surface area (Å²) >= 11 is 0. The van der Waals surface area contributed by atoms with E-state index in [4.69, 9.17) is 5.11 Å². The molecule has 0 aromatic heterocycles. The summed E-state index contributed by atoms with van der Waals surface area (Å²) < 4.78 is 0. The third-order valence-electron chi connectivity index (χ3n) is 3.28. The fourth-order valence-corrected chi connectivity index (χ4v) is 2.58. The first kappa shape index (κ1) is 9.00. The van der Waals surface area contributed by atoms with Crippen LogP contribution in [0.3, 0.4) is 0 Å². The lowest BCUT2D eigenvalue weighted by Crippen LogP contribution is -2.32. The highest BCUT2D eigenvalue weighted by Crippen LogP contribution is 2.57. The topological polar surface area (TPSA) is 49.3 Å². The molecule has 0 aliphatic heterocycles. The van der Waals surface area contributed by atoms with Crippen molar-refractivity contribution in [2.24, 2.45) is 17.8 Å². The molecule has 2 aliphatic rings. The lowest BCUT2D eigenvalue weighted by molar-refractivity contribution is -0.123. The Bertz CT molecular complexity index is 205. The van der Waals surface area contributed by atoms with Gasteiger partial charge in [0.05, 0.1) is 6.10 Å². The van der Waals surface area contributed by atoms with Crippen LogP contribution in [-0.2, 0) is 4.79 Å². The highest BCUT2D eigenvalue weighted by molar-refractivity contribution is 5.82. The van der Waals surface area contributed by atoms with E-state index >= 15 is 0 Å². The zero-order chi connectivity index (χ0) is 9.42. The smallest absolute Gasteiger partial charge is 0.223 e. The third kappa shape index (κ3) is 1.70. The largest absolute Gasteiger partial charge is 0.392 e. The van der Waals surface area contributed by atoms with Gasteiger partial charge in [-0.2, -0.15) is 0 Å². The number of carbonyl (C=O) groups is 1. The van der Waals surface area contributed by atoms with E-state index in [1.54, 1.807) is 6.92 Å². The summed E-state index contributed by atoms with van der Waals surface area (Å²) in [6, 6.07) is 0. The van der Waals surface area contributed by atoms with Gasteiger partial charge in [0.15, 0.2) is 0 Å². The predicted molar refractivity (Wildman–Crippen MR) is 49.0 cm³/mol. The Hall–Kier alpha value is -0.570. The van der Waals surface area contributed by atoms with Gasteiger partial charge >= 0.3 is 0 Å². The number of carbonyl (C=O) groups excluding carboxylic acids is 1. The Labute approximate surface area is 78.5 Å². The average Bonchev–Trinajstić information content (AvgIpc) is 2.56. The van der Waals surface area contributed by atoms with Gasteiger partial charge in [0.25, 0.3) is 0 Å². The van der Waals surface area contributed by atoms with Gasteiger partial charge in [-0.1, -0.05) is 6.42 Å². The lowest BCUT2D eigenvalue weighted by Gasteiger charge is -2.07. The Kier molecular flexibility index (Phi) is 2.28. The van der Waals surface area contributed by atoms with Crippen LogP contribution in [0.15, 0.2) is 0 Å². The molecule has 2 N–H and O–H groups in total. The van der Waals surface area contributed by atoms with Crippen LogP contribution in [0, 0.1) is 17.8 Å². The zero-order valence-electron chi connectivity index (χ0n) is 7.99. The quantitative estimate of drug-likeness (QED) is 0.670. The van der Waals surface area contributed by atoms with Crippen LogP contribution in [0.4, 0.5) is 0 Å². The van der Waals surface area contributed by atoms with E-state index in [1.807, 2.05) is 0 Å². The molecular weight excluding hydrogens is 166 g/mol. The molecular formula is C10H17NO2. The maximum absolute atomic E-state index is 11.5. The van der Waals surface area contributed by atoms with Gasteiger partial charge in [0.1, 0.15) is 0 Å². The second-order valence-electron chi connectivity index (χ2n) is 4.38. The number of hydrogen-bond donors (Lipinski definition) is 2. The highest BCUT2D eigenvalue weighted by Gasteiger charge is 2.56. The molecule has 2 saturated carbocycles. The van der Waals surface area contributed by atoms with Crippen LogP contribution in [-0.4, -0.2) is 23.7 Å². The summed E-state index contributed by atoms with van der Waals surface area (Å²) in [5, 5.41) is 11.8. The summed E-state index contributed by atoms with van der Waals surface area (Å²) in [5.74, 6) is 1.80. The molecule has 74 valence electrons. The van der Waals surface area contributed by atoms with Crippen LogP contribution in [0.25, 0.3) is 0 Å². The van der Waals surface area contributed by atoms with Gasteiger partial charge in [-0.05, 0) is 31.6 Å². The molecule has 3 atom stereocenters. The lowest BCUT2D eigenvalue weighted by atomic mass is 10.1. The molecule has 2 rings (SSSR count). The summed E-state index contributed by atoms with van der Waals surface area (Å²) in [5.41, 5.74) is 0. The minimum absolute atomic E-state index is 0.163. The molecule has 2 fully saturated rings. The minimum Gasteiger partial charge on any atom is -0.392 e. The SMILES string of the molecule is CC(O)CNC(=O)C1C2CCCC21. The van der Waals surface area contributed by atoms with Gasteiger partial charge in [0, 0.05) is 12.5 Å². The van der Waals surface area contributed by atoms with E-state index in [-0.39, 0.29) is 11.8 Å². The van der Waals surface area contributed by atoms with Crippen molar-refractivity contribution in [1.82, 2.24) is 5.32 Å². The first-order valence-corrected chi connectivity index (χ1v) is 5.16. The molecule has 0 aromatic carbocycles. The first-order chi connectivity index (χ1) is 6.20. The van der Waals surface area contributed by atoms with E-state index in [1.165, 1.54) is 19.3 Å². The zero-order valence-corrected chi connectivity index (χ0v) is 7.99. The van der Waals surface area contributed by atoms with Crippen molar-refractivity contribution in [3.05, 3.63) is 0 Å². The van der Waals surface area contributed by atoms with Crippen molar-refractivity contribution in [3.63, 3.8) is 0 Å². The van der Waals surface area contributed by atoms with Crippen molar-refractivity contribution in [2.75, 3.05) is 6.54 Å². The molecule has 3 heteroatoms. The molecule has 2 aliphatic carbocycles.